The van der Waals surface area contributed by atoms with E-state index in [0.29, 0.717) is 41.9 Å². The molecule has 136 valence electrons. The number of amides is 2. The third kappa shape index (κ3) is 4.06. The van der Waals surface area contributed by atoms with Crippen LogP contribution in [-0.4, -0.2) is 25.5 Å². The van der Waals surface area contributed by atoms with Gasteiger partial charge in [-0.25, -0.2) is 0 Å². The average Bonchev–Trinajstić information content (AvgIpc) is 3.23. The number of hydrogen-bond acceptors (Lipinski definition) is 4. The largest absolute Gasteiger partial charge is 0.493 e. The quantitative estimate of drug-likeness (QED) is 0.777. The molecule has 3 unspecified atom stereocenters. The summed E-state index contributed by atoms with van der Waals surface area (Å²) in [4.78, 5) is 24.3. The summed E-state index contributed by atoms with van der Waals surface area (Å²) in [6, 6.07) is 4.93. The van der Waals surface area contributed by atoms with E-state index in [1.165, 1.54) is 26.4 Å². The third-order valence-electron chi connectivity index (χ3n) is 5.37. The Morgan fingerprint density at radius 3 is 2.64 bits per heavy atom. The summed E-state index contributed by atoms with van der Waals surface area (Å²) in [5.74, 6) is 2.56. The van der Waals surface area contributed by atoms with Crippen LogP contribution >= 0.6 is 0 Å². The molecule has 0 aliphatic heterocycles. The maximum absolute atomic E-state index is 12.2. The van der Waals surface area contributed by atoms with Crippen LogP contribution in [0.5, 0.6) is 11.5 Å². The van der Waals surface area contributed by atoms with Crippen LogP contribution in [0.3, 0.4) is 0 Å². The standard InChI is InChI=1S/C19H26N2O4/c1-3-25-16-7-6-14(10-17(16)24-2)19(23)21-20-18(22)11-15-9-12-4-5-13(15)8-12/h6-7,10,12-13,15H,3-5,8-9,11H2,1-2H3,(H,20,22)(H,21,23). The Balaban J connectivity index is 1.51. The Labute approximate surface area is 148 Å². The number of hydrazine groups is 1. The zero-order chi connectivity index (χ0) is 17.8. The summed E-state index contributed by atoms with van der Waals surface area (Å²) in [5.41, 5.74) is 5.42. The smallest absolute Gasteiger partial charge is 0.269 e. The van der Waals surface area contributed by atoms with Gasteiger partial charge in [-0.15, -0.1) is 0 Å². The van der Waals surface area contributed by atoms with Crippen molar-refractivity contribution < 1.29 is 19.1 Å². The molecule has 25 heavy (non-hydrogen) atoms. The molecule has 0 aromatic heterocycles. The van der Waals surface area contributed by atoms with Gasteiger partial charge in [0.05, 0.1) is 13.7 Å². The van der Waals surface area contributed by atoms with Gasteiger partial charge < -0.3 is 9.47 Å². The lowest BCUT2D eigenvalue weighted by Crippen LogP contribution is -2.42. The Hall–Kier alpha value is -2.24. The van der Waals surface area contributed by atoms with E-state index in [9.17, 15) is 9.59 Å². The van der Waals surface area contributed by atoms with Crippen LogP contribution in [0, 0.1) is 17.8 Å². The van der Waals surface area contributed by atoms with E-state index in [1.54, 1.807) is 18.2 Å². The van der Waals surface area contributed by atoms with Crippen molar-refractivity contribution in [2.75, 3.05) is 13.7 Å². The summed E-state index contributed by atoms with van der Waals surface area (Å²) in [6.45, 7) is 2.40. The van der Waals surface area contributed by atoms with Gasteiger partial charge in [0, 0.05) is 12.0 Å². The second-order valence-electron chi connectivity index (χ2n) is 6.94. The molecule has 3 atom stereocenters. The number of nitrogens with one attached hydrogen (secondary N) is 2. The molecule has 0 saturated heterocycles. The molecule has 1 aromatic rings. The van der Waals surface area contributed by atoms with Crippen LogP contribution < -0.4 is 20.3 Å². The molecular weight excluding hydrogens is 320 g/mol. The molecule has 2 N–H and O–H groups in total. The van der Waals surface area contributed by atoms with Crippen molar-refractivity contribution in [3.63, 3.8) is 0 Å². The highest BCUT2D eigenvalue weighted by atomic mass is 16.5. The van der Waals surface area contributed by atoms with E-state index in [2.05, 4.69) is 10.9 Å². The predicted molar refractivity (Wildman–Crippen MR) is 93.3 cm³/mol. The summed E-state index contributed by atoms with van der Waals surface area (Å²) < 4.78 is 10.7. The van der Waals surface area contributed by atoms with E-state index in [-0.39, 0.29) is 11.8 Å². The summed E-state index contributed by atoms with van der Waals surface area (Å²) in [6.07, 6.45) is 5.49. The molecular formula is C19H26N2O4. The van der Waals surface area contributed by atoms with Crippen LogP contribution in [0.1, 0.15) is 49.4 Å². The van der Waals surface area contributed by atoms with E-state index in [0.717, 1.165) is 12.3 Å². The molecule has 2 bridgehead atoms. The minimum atomic E-state index is -0.373. The number of carbonyl (C=O) groups excluding carboxylic acids is 2. The van der Waals surface area contributed by atoms with E-state index >= 15 is 0 Å². The van der Waals surface area contributed by atoms with Crippen molar-refractivity contribution in [1.29, 1.82) is 0 Å². The second-order valence-corrected chi connectivity index (χ2v) is 6.94. The van der Waals surface area contributed by atoms with Gasteiger partial charge >= 0.3 is 0 Å². The van der Waals surface area contributed by atoms with E-state index in [1.807, 2.05) is 6.92 Å². The summed E-state index contributed by atoms with van der Waals surface area (Å²) >= 11 is 0. The first-order chi connectivity index (χ1) is 12.1. The SMILES string of the molecule is CCOc1ccc(C(=O)NNC(=O)CC2CC3CCC2C3)cc1OC. The van der Waals surface area contributed by atoms with Crippen LogP contribution in [0.25, 0.3) is 0 Å². The predicted octanol–water partition coefficient (Wildman–Crippen LogP) is 2.68. The maximum Gasteiger partial charge on any atom is 0.269 e. The van der Waals surface area contributed by atoms with Crippen LogP contribution in [-0.2, 0) is 4.79 Å². The van der Waals surface area contributed by atoms with Gasteiger partial charge in [-0.05, 0) is 62.1 Å². The van der Waals surface area contributed by atoms with Gasteiger partial charge in [0.25, 0.3) is 5.91 Å². The molecule has 6 heteroatoms. The zero-order valence-electron chi connectivity index (χ0n) is 14.8. The molecule has 3 rings (SSSR count). The van der Waals surface area contributed by atoms with Crippen molar-refractivity contribution in [1.82, 2.24) is 10.9 Å². The first-order valence-electron chi connectivity index (χ1n) is 9.00. The molecule has 1 aromatic carbocycles. The minimum Gasteiger partial charge on any atom is -0.493 e. The number of ether oxygens (including phenoxy) is 2. The highest BCUT2D eigenvalue weighted by molar-refractivity contribution is 5.96. The Bertz CT molecular complexity index is 646. The van der Waals surface area contributed by atoms with Gasteiger partial charge in [-0.3, -0.25) is 20.4 Å². The second kappa shape index (κ2) is 7.76. The highest BCUT2D eigenvalue weighted by Crippen LogP contribution is 2.49. The Morgan fingerprint density at radius 2 is 2.00 bits per heavy atom. The molecule has 0 heterocycles. The number of carbonyl (C=O) groups is 2. The Morgan fingerprint density at radius 1 is 1.16 bits per heavy atom. The fourth-order valence-corrected chi connectivity index (χ4v) is 4.20. The minimum absolute atomic E-state index is 0.121. The normalized spacial score (nSPS) is 24.0. The maximum atomic E-state index is 12.2. The molecule has 2 aliphatic rings. The average molecular weight is 346 g/mol. The molecule has 0 radical (unpaired) electrons. The number of rotatable bonds is 6. The van der Waals surface area contributed by atoms with Gasteiger partial charge in [0.2, 0.25) is 5.91 Å². The van der Waals surface area contributed by atoms with Gasteiger partial charge in [-0.1, -0.05) is 6.42 Å². The van der Waals surface area contributed by atoms with Gasteiger partial charge in [0.1, 0.15) is 0 Å². The number of fused-ring (bicyclic) bond motifs is 2. The Kier molecular flexibility index (Phi) is 5.46. The van der Waals surface area contributed by atoms with Crippen molar-refractivity contribution in [3.05, 3.63) is 23.8 Å². The topological polar surface area (TPSA) is 76.7 Å². The zero-order valence-corrected chi connectivity index (χ0v) is 14.8. The van der Waals surface area contributed by atoms with Gasteiger partial charge in [-0.2, -0.15) is 0 Å². The fourth-order valence-electron chi connectivity index (χ4n) is 4.20. The number of methoxy groups -OCH3 is 1. The van der Waals surface area contributed by atoms with Crippen molar-refractivity contribution in [2.24, 2.45) is 17.8 Å². The van der Waals surface area contributed by atoms with Crippen LogP contribution in [0.4, 0.5) is 0 Å². The van der Waals surface area contributed by atoms with Crippen molar-refractivity contribution in [2.45, 2.75) is 39.0 Å². The van der Waals surface area contributed by atoms with Gasteiger partial charge in [0.15, 0.2) is 11.5 Å². The van der Waals surface area contributed by atoms with Crippen molar-refractivity contribution in [3.8, 4) is 11.5 Å². The first kappa shape index (κ1) is 17.6. The molecule has 2 fully saturated rings. The lowest BCUT2D eigenvalue weighted by atomic mass is 9.86. The number of benzene rings is 1. The molecule has 6 nitrogen and oxygen atoms in total. The molecule has 0 spiro atoms. The van der Waals surface area contributed by atoms with Crippen LogP contribution in [0.15, 0.2) is 18.2 Å². The summed E-state index contributed by atoms with van der Waals surface area (Å²) in [5, 5.41) is 0. The molecule has 2 saturated carbocycles. The molecule has 2 amide bonds. The van der Waals surface area contributed by atoms with Crippen molar-refractivity contribution >= 4 is 11.8 Å². The monoisotopic (exact) mass is 346 g/mol. The van der Waals surface area contributed by atoms with E-state index < -0.39 is 0 Å². The highest BCUT2D eigenvalue weighted by Gasteiger charge is 2.40. The number of hydrogen-bond donors (Lipinski definition) is 2. The lowest BCUT2D eigenvalue weighted by Gasteiger charge is -2.21. The third-order valence-corrected chi connectivity index (χ3v) is 5.37. The fraction of sp³-hybridized carbons (Fsp3) is 0.579. The molecule has 2 aliphatic carbocycles. The first-order valence-corrected chi connectivity index (χ1v) is 9.00. The van der Waals surface area contributed by atoms with Crippen LogP contribution in [0.2, 0.25) is 0 Å². The van der Waals surface area contributed by atoms with E-state index in [4.69, 9.17) is 9.47 Å². The lowest BCUT2D eigenvalue weighted by molar-refractivity contribution is -0.123. The summed E-state index contributed by atoms with van der Waals surface area (Å²) in [7, 11) is 1.52.